The molecule has 3 aromatic carbocycles. The van der Waals surface area contributed by atoms with Crippen LogP contribution < -0.4 is 14.2 Å². The van der Waals surface area contributed by atoms with E-state index in [2.05, 4.69) is 0 Å². The molecule has 0 radical (unpaired) electrons. The van der Waals surface area contributed by atoms with Crippen LogP contribution in [0, 0.1) is 0 Å². The van der Waals surface area contributed by atoms with E-state index < -0.39 is 17.9 Å². The van der Waals surface area contributed by atoms with Gasteiger partial charge >= 0.3 is 17.9 Å². The number of hydrogen-bond acceptors (Lipinski definition) is 6. The van der Waals surface area contributed by atoms with Gasteiger partial charge in [0.2, 0.25) is 0 Å². The third-order valence-electron chi connectivity index (χ3n) is 3.65. The van der Waals surface area contributed by atoms with Crippen LogP contribution in [0.15, 0.2) is 42.5 Å². The minimum Gasteiger partial charge on any atom is -0.426 e. The summed E-state index contributed by atoms with van der Waals surface area (Å²) in [6.07, 6.45) is 0. The zero-order valence-electron chi connectivity index (χ0n) is 14.5. The van der Waals surface area contributed by atoms with E-state index in [-0.39, 0.29) is 11.5 Å². The number of esters is 3. The molecule has 0 aliphatic carbocycles. The fraction of sp³-hybridized carbons (Fsp3) is 0.150. The fourth-order valence-electron chi connectivity index (χ4n) is 2.83. The van der Waals surface area contributed by atoms with Crippen LogP contribution in [0.4, 0.5) is 0 Å². The average Bonchev–Trinajstić information content (AvgIpc) is 2.54. The minimum atomic E-state index is -0.519. The number of hydrogen-bond donors (Lipinski definition) is 0. The summed E-state index contributed by atoms with van der Waals surface area (Å²) >= 11 is 0. The van der Waals surface area contributed by atoms with Gasteiger partial charge in [-0.05, 0) is 23.6 Å². The monoisotopic (exact) mass is 352 g/mol. The average molecular weight is 352 g/mol. The lowest BCUT2D eigenvalue weighted by atomic mass is 10.0. The molecule has 3 rings (SSSR count). The largest absolute Gasteiger partial charge is 0.426 e. The first-order valence-electron chi connectivity index (χ1n) is 7.90. The van der Waals surface area contributed by atoms with Gasteiger partial charge in [0, 0.05) is 31.5 Å². The summed E-state index contributed by atoms with van der Waals surface area (Å²) in [5.74, 6) is -0.584. The topological polar surface area (TPSA) is 78.9 Å². The molecule has 6 heteroatoms. The molecule has 0 bridgehead atoms. The van der Waals surface area contributed by atoms with E-state index in [4.69, 9.17) is 14.2 Å². The molecule has 0 aliphatic heterocycles. The third-order valence-corrected chi connectivity index (χ3v) is 3.65. The van der Waals surface area contributed by atoms with Gasteiger partial charge in [-0.15, -0.1) is 0 Å². The Morgan fingerprint density at radius 3 is 1.92 bits per heavy atom. The Morgan fingerprint density at radius 1 is 0.692 bits per heavy atom. The van der Waals surface area contributed by atoms with Gasteiger partial charge < -0.3 is 14.2 Å². The molecular formula is C20H16O6. The van der Waals surface area contributed by atoms with Gasteiger partial charge in [-0.3, -0.25) is 14.4 Å². The van der Waals surface area contributed by atoms with E-state index in [0.717, 1.165) is 0 Å². The van der Waals surface area contributed by atoms with Gasteiger partial charge in [0.1, 0.15) is 17.2 Å². The second-order valence-corrected chi connectivity index (χ2v) is 5.69. The zero-order valence-corrected chi connectivity index (χ0v) is 14.5. The summed E-state index contributed by atoms with van der Waals surface area (Å²) in [5.41, 5.74) is 0. The summed E-state index contributed by atoms with van der Waals surface area (Å²) in [4.78, 5) is 34.5. The first-order chi connectivity index (χ1) is 12.4. The molecule has 3 aromatic rings. The van der Waals surface area contributed by atoms with Crippen LogP contribution in [-0.2, 0) is 14.4 Å². The van der Waals surface area contributed by atoms with Crippen molar-refractivity contribution in [1.82, 2.24) is 0 Å². The van der Waals surface area contributed by atoms with Crippen molar-refractivity contribution in [3.8, 4) is 17.2 Å². The second-order valence-electron chi connectivity index (χ2n) is 5.69. The maximum Gasteiger partial charge on any atom is 0.308 e. The van der Waals surface area contributed by atoms with E-state index >= 15 is 0 Å². The summed E-state index contributed by atoms with van der Waals surface area (Å²) in [7, 11) is 0. The van der Waals surface area contributed by atoms with Crippen LogP contribution in [0.2, 0.25) is 0 Å². The lowest BCUT2D eigenvalue weighted by Gasteiger charge is -2.15. The first-order valence-corrected chi connectivity index (χ1v) is 7.90. The van der Waals surface area contributed by atoms with Crippen LogP contribution in [0.3, 0.4) is 0 Å². The van der Waals surface area contributed by atoms with E-state index in [0.29, 0.717) is 27.3 Å². The molecule has 0 amide bonds. The van der Waals surface area contributed by atoms with Crippen molar-refractivity contribution in [2.45, 2.75) is 20.8 Å². The Morgan fingerprint density at radius 2 is 1.27 bits per heavy atom. The van der Waals surface area contributed by atoms with E-state index in [9.17, 15) is 14.4 Å². The van der Waals surface area contributed by atoms with Crippen LogP contribution in [0.1, 0.15) is 20.8 Å². The molecule has 0 saturated carbocycles. The summed E-state index contributed by atoms with van der Waals surface area (Å²) in [5, 5.41) is 2.33. The number of rotatable bonds is 3. The molecule has 0 N–H and O–H groups in total. The van der Waals surface area contributed by atoms with Crippen molar-refractivity contribution < 1.29 is 28.6 Å². The minimum absolute atomic E-state index is 0.246. The number of ether oxygens (including phenoxy) is 3. The lowest BCUT2D eigenvalue weighted by molar-refractivity contribution is -0.132. The number of benzene rings is 3. The highest BCUT2D eigenvalue weighted by molar-refractivity contribution is 6.11. The molecule has 0 atom stereocenters. The highest BCUT2D eigenvalue weighted by Crippen LogP contribution is 2.43. The normalized spacial score (nSPS) is 10.6. The number of carbonyl (C=O) groups excluding carboxylic acids is 3. The molecule has 0 aliphatic rings. The standard InChI is InChI=1S/C20H16O6/c1-11(21)24-17-8-5-7-15-16(17)10-14-6-4-9-18(25-12(2)22)19(14)20(15)26-13(3)23/h4-10H,1-3H3. The SMILES string of the molecule is CC(=O)Oc1cccc2c(OC(C)=O)c3c(OC(C)=O)cccc3cc12. The van der Waals surface area contributed by atoms with Gasteiger partial charge in [0.05, 0.1) is 5.39 Å². The number of fused-ring (bicyclic) bond motifs is 2. The smallest absolute Gasteiger partial charge is 0.308 e. The quantitative estimate of drug-likeness (QED) is 0.406. The van der Waals surface area contributed by atoms with Crippen molar-refractivity contribution in [3.63, 3.8) is 0 Å². The lowest BCUT2D eigenvalue weighted by Crippen LogP contribution is -2.06. The molecule has 6 nitrogen and oxygen atoms in total. The van der Waals surface area contributed by atoms with Gasteiger partial charge in [-0.1, -0.05) is 24.3 Å². The van der Waals surface area contributed by atoms with Gasteiger partial charge in [0.25, 0.3) is 0 Å². The molecule has 0 aromatic heterocycles. The predicted molar refractivity (Wildman–Crippen MR) is 95.4 cm³/mol. The third kappa shape index (κ3) is 3.35. The second kappa shape index (κ2) is 6.84. The Labute approximate surface area is 149 Å². The van der Waals surface area contributed by atoms with E-state index in [1.165, 1.54) is 20.8 Å². The number of carbonyl (C=O) groups is 3. The summed E-state index contributed by atoms with van der Waals surface area (Å²) < 4.78 is 16.0. The van der Waals surface area contributed by atoms with Crippen LogP contribution in [-0.4, -0.2) is 17.9 Å². The van der Waals surface area contributed by atoms with Gasteiger partial charge in [-0.25, -0.2) is 0 Å². The van der Waals surface area contributed by atoms with Crippen molar-refractivity contribution in [3.05, 3.63) is 42.5 Å². The molecule has 0 spiro atoms. The predicted octanol–water partition coefficient (Wildman–Crippen LogP) is 3.77. The fourth-order valence-corrected chi connectivity index (χ4v) is 2.83. The van der Waals surface area contributed by atoms with E-state index in [1.54, 1.807) is 42.5 Å². The summed E-state index contributed by atoms with van der Waals surface area (Å²) in [6, 6.07) is 12.0. The highest BCUT2D eigenvalue weighted by Gasteiger charge is 2.18. The van der Waals surface area contributed by atoms with Gasteiger partial charge in [-0.2, -0.15) is 0 Å². The molecular weight excluding hydrogens is 336 g/mol. The van der Waals surface area contributed by atoms with Crippen LogP contribution >= 0.6 is 0 Å². The molecule has 26 heavy (non-hydrogen) atoms. The molecule has 132 valence electrons. The molecule has 0 saturated heterocycles. The van der Waals surface area contributed by atoms with Crippen LogP contribution in [0.25, 0.3) is 21.5 Å². The molecule has 0 fully saturated rings. The Kier molecular flexibility index (Phi) is 4.58. The van der Waals surface area contributed by atoms with Crippen molar-refractivity contribution in [1.29, 1.82) is 0 Å². The van der Waals surface area contributed by atoms with E-state index in [1.807, 2.05) is 0 Å². The van der Waals surface area contributed by atoms with Crippen molar-refractivity contribution >= 4 is 39.5 Å². The Bertz CT molecular complexity index is 1050. The zero-order chi connectivity index (χ0) is 18.8. The van der Waals surface area contributed by atoms with Crippen LogP contribution in [0.5, 0.6) is 17.2 Å². The molecule has 0 unspecified atom stereocenters. The first kappa shape index (κ1) is 17.4. The highest BCUT2D eigenvalue weighted by atomic mass is 16.5. The Hall–Kier alpha value is -3.41. The Balaban J connectivity index is 2.42. The maximum atomic E-state index is 11.7. The summed E-state index contributed by atoms with van der Waals surface area (Å²) in [6.45, 7) is 3.89. The van der Waals surface area contributed by atoms with Crippen molar-refractivity contribution in [2.75, 3.05) is 0 Å². The van der Waals surface area contributed by atoms with Gasteiger partial charge in [0.15, 0.2) is 0 Å². The molecule has 0 heterocycles. The van der Waals surface area contributed by atoms with Crippen molar-refractivity contribution in [2.24, 2.45) is 0 Å². The maximum absolute atomic E-state index is 11.7.